The van der Waals surface area contributed by atoms with Crippen molar-refractivity contribution in [2.24, 2.45) is 5.92 Å². The fraction of sp³-hybridized carbons (Fsp3) is 0.438. The predicted molar refractivity (Wildman–Crippen MR) is 78.6 cm³/mol. The van der Waals surface area contributed by atoms with Gasteiger partial charge in [0.05, 0.1) is 7.11 Å². The zero-order valence-corrected chi connectivity index (χ0v) is 12.7. The molecule has 0 unspecified atom stereocenters. The van der Waals surface area contributed by atoms with Crippen LogP contribution in [0, 0.1) is 5.92 Å². The maximum atomic E-state index is 12.1. The number of ketones is 1. The topological polar surface area (TPSA) is 66.8 Å². The van der Waals surface area contributed by atoms with Gasteiger partial charge in [0.15, 0.2) is 5.78 Å². The summed E-state index contributed by atoms with van der Waals surface area (Å²) < 4.78 is 5.17. The predicted octanol–water partition coefficient (Wildman–Crippen LogP) is 3.45. The van der Waals surface area contributed by atoms with Crippen molar-refractivity contribution in [3.63, 3.8) is 0 Å². The summed E-state index contributed by atoms with van der Waals surface area (Å²) in [7, 11) is 1.46. The third-order valence-electron chi connectivity index (χ3n) is 3.05. The second-order valence-corrected chi connectivity index (χ2v) is 5.30. The number of hydrogen-bond acceptors (Lipinski definition) is 4. The summed E-state index contributed by atoms with van der Waals surface area (Å²) >= 11 is 0. The molecular weight excluding hydrogens is 256 g/mol. The number of methoxy groups -OCH3 is 1. The summed E-state index contributed by atoms with van der Waals surface area (Å²) in [6, 6.07) is 1.38. The molecule has 0 aliphatic rings. The van der Waals surface area contributed by atoms with Gasteiger partial charge in [-0.1, -0.05) is 25.5 Å². The van der Waals surface area contributed by atoms with Gasteiger partial charge in [-0.25, -0.2) is 0 Å². The Morgan fingerprint density at radius 2 is 1.95 bits per heavy atom. The SMILES string of the molecule is COc1cc(O)c(C(=O)C(C)C)c(O)c1CC=C(C)C. The van der Waals surface area contributed by atoms with E-state index in [1.165, 1.54) is 13.2 Å². The normalized spacial score (nSPS) is 10.5. The lowest BCUT2D eigenvalue weighted by Gasteiger charge is -2.15. The lowest BCUT2D eigenvalue weighted by atomic mass is 9.95. The average molecular weight is 278 g/mol. The van der Waals surface area contributed by atoms with Gasteiger partial charge in [0, 0.05) is 17.5 Å². The second-order valence-electron chi connectivity index (χ2n) is 5.30. The molecule has 4 heteroatoms. The zero-order chi connectivity index (χ0) is 15.4. The van der Waals surface area contributed by atoms with Crippen LogP contribution < -0.4 is 4.74 Å². The van der Waals surface area contributed by atoms with Gasteiger partial charge in [-0.05, 0) is 20.3 Å². The molecule has 20 heavy (non-hydrogen) atoms. The molecule has 0 radical (unpaired) electrons. The van der Waals surface area contributed by atoms with Crippen LogP contribution in [0.1, 0.15) is 43.6 Å². The standard InChI is InChI=1S/C16H22O4/c1-9(2)6-7-11-13(20-5)8-12(17)14(16(11)19)15(18)10(3)4/h6,8,10,17,19H,7H2,1-5H3. The minimum Gasteiger partial charge on any atom is -0.507 e. The minimum atomic E-state index is -0.309. The fourth-order valence-electron chi connectivity index (χ4n) is 1.89. The van der Waals surface area contributed by atoms with Gasteiger partial charge < -0.3 is 14.9 Å². The summed E-state index contributed by atoms with van der Waals surface area (Å²) in [5.74, 6) is -0.674. The first kappa shape index (κ1) is 16.1. The van der Waals surface area contributed by atoms with Crippen LogP contribution in [-0.4, -0.2) is 23.1 Å². The molecule has 0 saturated heterocycles. The quantitative estimate of drug-likeness (QED) is 0.639. The number of Topliss-reactive ketones (excluding diaryl/α,β-unsaturated/α-hetero) is 1. The number of benzene rings is 1. The highest BCUT2D eigenvalue weighted by molar-refractivity contribution is 6.03. The Labute approximate surface area is 119 Å². The second kappa shape index (κ2) is 6.46. The van der Waals surface area contributed by atoms with E-state index in [9.17, 15) is 15.0 Å². The molecule has 110 valence electrons. The molecule has 0 amide bonds. The lowest BCUT2D eigenvalue weighted by Crippen LogP contribution is -2.09. The van der Waals surface area contributed by atoms with E-state index in [-0.39, 0.29) is 28.8 Å². The first-order valence-electron chi connectivity index (χ1n) is 6.58. The first-order chi connectivity index (χ1) is 9.29. The number of phenolic OH excluding ortho intramolecular Hbond substituents is 2. The summed E-state index contributed by atoms with van der Waals surface area (Å²) in [5.41, 5.74) is 1.57. The van der Waals surface area contributed by atoms with Crippen molar-refractivity contribution in [1.82, 2.24) is 0 Å². The molecule has 2 N–H and O–H groups in total. The van der Waals surface area contributed by atoms with E-state index < -0.39 is 0 Å². The Morgan fingerprint density at radius 1 is 1.35 bits per heavy atom. The van der Waals surface area contributed by atoms with Crippen LogP contribution >= 0.6 is 0 Å². The van der Waals surface area contributed by atoms with E-state index in [0.29, 0.717) is 17.7 Å². The van der Waals surface area contributed by atoms with E-state index in [1.54, 1.807) is 13.8 Å². The van der Waals surface area contributed by atoms with Crippen LogP contribution in [0.3, 0.4) is 0 Å². The van der Waals surface area contributed by atoms with Crippen LogP contribution in [-0.2, 0) is 6.42 Å². The molecule has 0 heterocycles. The molecule has 0 spiro atoms. The molecule has 1 aromatic carbocycles. The van der Waals surface area contributed by atoms with Crippen LogP contribution in [0.4, 0.5) is 0 Å². The highest BCUT2D eigenvalue weighted by atomic mass is 16.5. The number of carbonyl (C=O) groups excluding carboxylic acids is 1. The van der Waals surface area contributed by atoms with E-state index >= 15 is 0 Å². The summed E-state index contributed by atoms with van der Waals surface area (Å²) in [5, 5.41) is 20.3. The highest BCUT2D eigenvalue weighted by Crippen LogP contribution is 2.39. The molecule has 0 bridgehead atoms. The first-order valence-corrected chi connectivity index (χ1v) is 6.58. The summed E-state index contributed by atoms with van der Waals surface area (Å²) in [4.78, 5) is 12.1. The van der Waals surface area contributed by atoms with Crippen molar-refractivity contribution >= 4 is 5.78 Å². The molecule has 0 aliphatic heterocycles. The van der Waals surface area contributed by atoms with E-state index in [0.717, 1.165) is 5.57 Å². The molecular formula is C16H22O4. The number of phenols is 2. The van der Waals surface area contributed by atoms with Crippen LogP contribution in [0.15, 0.2) is 17.7 Å². The molecule has 1 aromatic rings. The highest BCUT2D eigenvalue weighted by Gasteiger charge is 2.24. The fourth-order valence-corrected chi connectivity index (χ4v) is 1.89. The van der Waals surface area contributed by atoms with Crippen molar-refractivity contribution in [2.45, 2.75) is 34.1 Å². The third kappa shape index (κ3) is 3.32. The van der Waals surface area contributed by atoms with Crippen LogP contribution in [0.25, 0.3) is 0 Å². The van der Waals surface area contributed by atoms with Crippen LogP contribution in [0.2, 0.25) is 0 Å². The van der Waals surface area contributed by atoms with Gasteiger partial charge >= 0.3 is 0 Å². The van der Waals surface area contributed by atoms with E-state index in [2.05, 4.69) is 0 Å². The maximum absolute atomic E-state index is 12.1. The van der Waals surface area contributed by atoms with Gasteiger partial charge in [0.1, 0.15) is 22.8 Å². The molecule has 0 aliphatic carbocycles. The maximum Gasteiger partial charge on any atom is 0.172 e. The Hall–Kier alpha value is -1.97. The number of carbonyl (C=O) groups is 1. The van der Waals surface area contributed by atoms with Gasteiger partial charge in [0.25, 0.3) is 0 Å². The molecule has 1 rings (SSSR count). The number of allylic oxidation sites excluding steroid dienone is 2. The molecule has 0 atom stereocenters. The number of rotatable bonds is 5. The Morgan fingerprint density at radius 3 is 2.40 bits per heavy atom. The minimum absolute atomic E-state index is 0.0297. The zero-order valence-electron chi connectivity index (χ0n) is 12.7. The van der Waals surface area contributed by atoms with E-state index in [1.807, 2.05) is 19.9 Å². The van der Waals surface area contributed by atoms with Gasteiger partial charge in [0.2, 0.25) is 0 Å². The van der Waals surface area contributed by atoms with Crippen LogP contribution in [0.5, 0.6) is 17.2 Å². The van der Waals surface area contributed by atoms with Crippen molar-refractivity contribution < 1.29 is 19.7 Å². The molecule has 0 saturated carbocycles. The van der Waals surface area contributed by atoms with Crippen molar-refractivity contribution in [3.05, 3.63) is 28.8 Å². The largest absolute Gasteiger partial charge is 0.507 e. The smallest absolute Gasteiger partial charge is 0.172 e. The monoisotopic (exact) mass is 278 g/mol. The van der Waals surface area contributed by atoms with Gasteiger partial charge in [-0.3, -0.25) is 4.79 Å². The molecule has 4 nitrogen and oxygen atoms in total. The molecule has 0 fully saturated rings. The lowest BCUT2D eigenvalue weighted by molar-refractivity contribution is 0.0933. The van der Waals surface area contributed by atoms with Crippen molar-refractivity contribution in [3.8, 4) is 17.2 Å². The molecule has 0 aromatic heterocycles. The average Bonchev–Trinajstić information content (AvgIpc) is 2.36. The Kier molecular flexibility index (Phi) is 5.19. The van der Waals surface area contributed by atoms with Gasteiger partial charge in [-0.2, -0.15) is 0 Å². The van der Waals surface area contributed by atoms with Gasteiger partial charge in [-0.15, -0.1) is 0 Å². The Bertz CT molecular complexity index is 538. The summed E-state index contributed by atoms with van der Waals surface area (Å²) in [6.07, 6.45) is 2.37. The van der Waals surface area contributed by atoms with Crippen molar-refractivity contribution in [2.75, 3.05) is 7.11 Å². The number of hydrogen-bond donors (Lipinski definition) is 2. The third-order valence-corrected chi connectivity index (χ3v) is 3.05. The number of ether oxygens (including phenoxy) is 1. The summed E-state index contributed by atoms with van der Waals surface area (Å²) in [6.45, 7) is 7.34. The Balaban J connectivity index is 3.45. The number of aromatic hydroxyl groups is 2. The van der Waals surface area contributed by atoms with Crippen molar-refractivity contribution in [1.29, 1.82) is 0 Å². The van der Waals surface area contributed by atoms with E-state index in [4.69, 9.17) is 4.74 Å².